The van der Waals surface area contributed by atoms with Gasteiger partial charge in [-0.2, -0.15) is 0 Å². The zero-order chi connectivity index (χ0) is 9.35. The van der Waals surface area contributed by atoms with Gasteiger partial charge in [0.2, 0.25) is 0 Å². The molecule has 1 rings (SSSR count). The van der Waals surface area contributed by atoms with E-state index in [0.717, 1.165) is 6.07 Å². The molecule has 1 aromatic carbocycles. The fourth-order valence-electron chi connectivity index (χ4n) is 0.715. The van der Waals surface area contributed by atoms with Gasteiger partial charge >= 0.3 is 0 Å². The molecule has 0 aliphatic carbocycles. The van der Waals surface area contributed by atoms with E-state index in [9.17, 15) is 12.8 Å². The summed E-state index contributed by atoms with van der Waals surface area (Å²) in [7, 11) is 1.02. The van der Waals surface area contributed by atoms with E-state index in [1.165, 1.54) is 12.1 Å². The smallest absolute Gasteiger partial charge is 0.207 e. The van der Waals surface area contributed by atoms with E-state index in [4.69, 9.17) is 10.7 Å². The SMILES string of the molecule is O=S(=O)(Cl)c1c(F)cccc1I. The highest BCUT2D eigenvalue weighted by Crippen LogP contribution is 2.24. The Kier molecular flexibility index (Phi) is 2.95. The van der Waals surface area contributed by atoms with Crippen LogP contribution >= 0.6 is 33.3 Å². The fraction of sp³-hybridized carbons (Fsp3) is 0. The molecule has 0 saturated heterocycles. The van der Waals surface area contributed by atoms with Crippen molar-refractivity contribution in [2.45, 2.75) is 4.90 Å². The van der Waals surface area contributed by atoms with Crippen molar-refractivity contribution in [1.29, 1.82) is 0 Å². The van der Waals surface area contributed by atoms with Crippen LogP contribution in [0.3, 0.4) is 0 Å². The Morgan fingerprint density at radius 1 is 1.42 bits per heavy atom. The standard InChI is InChI=1S/C6H3ClFIO2S/c7-12(10,11)6-4(8)2-1-3-5(6)9/h1-3H. The molecule has 1 aromatic rings. The zero-order valence-corrected chi connectivity index (χ0v) is 9.32. The second-order valence-corrected chi connectivity index (χ2v) is 5.65. The monoisotopic (exact) mass is 320 g/mol. The summed E-state index contributed by atoms with van der Waals surface area (Å²) in [4.78, 5) is -0.452. The average molecular weight is 321 g/mol. The van der Waals surface area contributed by atoms with Crippen molar-refractivity contribution in [3.05, 3.63) is 27.6 Å². The summed E-state index contributed by atoms with van der Waals surface area (Å²) < 4.78 is 34.7. The van der Waals surface area contributed by atoms with E-state index < -0.39 is 19.8 Å². The molecule has 0 unspecified atom stereocenters. The molecular formula is C6H3ClFIO2S. The predicted octanol–water partition coefficient (Wildman–Crippen LogP) is 2.36. The maximum Gasteiger partial charge on any atom is 0.265 e. The van der Waals surface area contributed by atoms with Gasteiger partial charge in [-0.1, -0.05) is 6.07 Å². The van der Waals surface area contributed by atoms with Crippen molar-refractivity contribution in [1.82, 2.24) is 0 Å². The van der Waals surface area contributed by atoms with Gasteiger partial charge in [0.25, 0.3) is 9.05 Å². The number of hydrogen-bond acceptors (Lipinski definition) is 2. The van der Waals surface area contributed by atoms with Gasteiger partial charge in [-0.05, 0) is 34.7 Å². The third-order valence-electron chi connectivity index (χ3n) is 1.16. The number of halogens is 3. The number of hydrogen-bond donors (Lipinski definition) is 0. The Labute approximate surface area is 87.3 Å². The molecule has 0 amide bonds. The van der Waals surface area contributed by atoms with E-state index >= 15 is 0 Å². The molecule has 0 fully saturated rings. The Bertz CT molecular complexity index is 384. The van der Waals surface area contributed by atoms with Crippen molar-refractivity contribution in [3.63, 3.8) is 0 Å². The maximum absolute atomic E-state index is 12.9. The van der Waals surface area contributed by atoms with Gasteiger partial charge in [-0.15, -0.1) is 0 Å². The quantitative estimate of drug-likeness (QED) is 0.588. The van der Waals surface area contributed by atoms with Gasteiger partial charge in [0, 0.05) is 14.3 Å². The van der Waals surface area contributed by atoms with Crippen LogP contribution in [0.2, 0.25) is 0 Å². The minimum absolute atomic E-state index is 0.280. The summed E-state index contributed by atoms with van der Waals surface area (Å²) in [6.45, 7) is 0. The molecule has 0 saturated carbocycles. The first kappa shape index (κ1) is 10.2. The summed E-state index contributed by atoms with van der Waals surface area (Å²) in [5.74, 6) is -0.822. The highest BCUT2D eigenvalue weighted by Gasteiger charge is 2.18. The molecule has 0 N–H and O–H groups in total. The van der Waals surface area contributed by atoms with Gasteiger partial charge in [0.05, 0.1) is 0 Å². The van der Waals surface area contributed by atoms with E-state index in [-0.39, 0.29) is 3.57 Å². The molecule has 0 aliphatic heterocycles. The van der Waals surface area contributed by atoms with Crippen LogP contribution in [0.4, 0.5) is 4.39 Å². The Morgan fingerprint density at radius 3 is 2.33 bits per heavy atom. The second kappa shape index (κ2) is 3.47. The summed E-state index contributed by atoms with van der Waals surface area (Å²) >= 11 is 1.71. The van der Waals surface area contributed by atoms with Gasteiger partial charge in [0.1, 0.15) is 10.7 Å². The van der Waals surface area contributed by atoms with Crippen LogP contribution in [-0.2, 0) is 9.05 Å². The van der Waals surface area contributed by atoms with E-state index in [1.54, 1.807) is 22.6 Å². The van der Waals surface area contributed by atoms with Crippen LogP contribution in [0.1, 0.15) is 0 Å². The van der Waals surface area contributed by atoms with Crippen LogP contribution in [0.15, 0.2) is 23.1 Å². The van der Waals surface area contributed by atoms with Crippen LogP contribution in [0, 0.1) is 9.39 Å². The second-order valence-electron chi connectivity index (χ2n) is 1.99. The summed E-state index contributed by atoms with van der Waals surface area (Å²) in [6.07, 6.45) is 0. The lowest BCUT2D eigenvalue weighted by Gasteiger charge is -1.99. The lowest BCUT2D eigenvalue weighted by molar-refractivity contribution is 0.573. The molecule has 6 heteroatoms. The summed E-state index contributed by atoms with van der Waals surface area (Å²) in [5, 5.41) is 0. The molecule has 66 valence electrons. The summed E-state index contributed by atoms with van der Waals surface area (Å²) in [6, 6.07) is 3.94. The van der Waals surface area contributed by atoms with E-state index in [2.05, 4.69) is 0 Å². The van der Waals surface area contributed by atoms with E-state index in [0.29, 0.717) is 0 Å². The Morgan fingerprint density at radius 2 is 2.00 bits per heavy atom. The number of benzene rings is 1. The van der Waals surface area contributed by atoms with E-state index in [1.807, 2.05) is 0 Å². The highest BCUT2D eigenvalue weighted by atomic mass is 127. The first-order chi connectivity index (χ1) is 5.43. The van der Waals surface area contributed by atoms with Crippen LogP contribution in [-0.4, -0.2) is 8.42 Å². The largest absolute Gasteiger partial charge is 0.265 e. The van der Waals surface area contributed by atoms with Crippen molar-refractivity contribution in [2.24, 2.45) is 0 Å². The molecule has 2 nitrogen and oxygen atoms in total. The minimum atomic E-state index is -3.97. The zero-order valence-electron chi connectivity index (χ0n) is 5.59. The van der Waals surface area contributed by atoms with Crippen LogP contribution in [0.25, 0.3) is 0 Å². The van der Waals surface area contributed by atoms with Gasteiger partial charge < -0.3 is 0 Å². The lowest BCUT2D eigenvalue weighted by atomic mass is 10.3. The van der Waals surface area contributed by atoms with Crippen LogP contribution < -0.4 is 0 Å². The summed E-state index contributed by atoms with van der Waals surface area (Å²) in [5.41, 5.74) is 0. The molecule has 0 spiro atoms. The van der Waals surface area contributed by atoms with Gasteiger partial charge in [-0.25, -0.2) is 12.8 Å². The van der Waals surface area contributed by atoms with Crippen LogP contribution in [0.5, 0.6) is 0 Å². The first-order valence-electron chi connectivity index (χ1n) is 2.81. The van der Waals surface area contributed by atoms with Crippen molar-refractivity contribution in [2.75, 3.05) is 0 Å². The average Bonchev–Trinajstić information content (AvgIpc) is 1.82. The van der Waals surface area contributed by atoms with Crippen molar-refractivity contribution < 1.29 is 12.8 Å². The molecule has 0 aliphatic rings. The van der Waals surface area contributed by atoms with Crippen molar-refractivity contribution in [3.8, 4) is 0 Å². The molecule has 0 heterocycles. The third kappa shape index (κ3) is 2.08. The lowest BCUT2D eigenvalue weighted by Crippen LogP contribution is -1.98. The molecule has 0 atom stereocenters. The third-order valence-corrected chi connectivity index (χ3v) is 3.79. The first-order valence-corrected chi connectivity index (χ1v) is 6.20. The Balaban J connectivity index is 3.53. The molecular weight excluding hydrogens is 317 g/mol. The fourth-order valence-corrected chi connectivity index (χ4v) is 3.51. The van der Waals surface area contributed by atoms with Crippen molar-refractivity contribution >= 4 is 42.3 Å². The molecule has 0 bridgehead atoms. The van der Waals surface area contributed by atoms with Gasteiger partial charge in [0.15, 0.2) is 0 Å². The molecule has 0 radical (unpaired) electrons. The van der Waals surface area contributed by atoms with Gasteiger partial charge in [-0.3, -0.25) is 0 Å². The molecule has 12 heavy (non-hydrogen) atoms. The Hall–Kier alpha value is 0.120. The number of rotatable bonds is 1. The molecule has 0 aromatic heterocycles. The normalized spacial score (nSPS) is 11.6. The predicted molar refractivity (Wildman–Crippen MR) is 52.2 cm³/mol. The highest BCUT2D eigenvalue weighted by molar-refractivity contribution is 14.1. The minimum Gasteiger partial charge on any atom is -0.207 e. The maximum atomic E-state index is 12.9. The topological polar surface area (TPSA) is 34.1 Å².